The number of rotatable bonds is 4. The monoisotopic (exact) mass is 530 g/mol. The third kappa shape index (κ3) is 4.29. The second-order valence-corrected chi connectivity index (χ2v) is 11.1. The van der Waals surface area contributed by atoms with Gasteiger partial charge in [-0.25, -0.2) is 0 Å². The van der Waals surface area contributed by atoms with Gasteiger partial charge < -0.3 is 9.31 Å². The normalized spacial score (nSPS) is 13.1. The van der Waals surface area contributed by atoms with Gasteiger partial charge in [0.05, 0.1) is 0 Å². The predicted molar refractivity (Wildman–Crippen MR) is 173 cm³/mol. The highest BCUT2D eigenvalue weighted by Crippen LogP contribution is 2.41. The Morgan fingerprint density at radius 2 is 0.902 bits per heavy atom. The van der Waals surface area contributed by atoms with Crippen LogP contribution in [0.15, 0.2) is 115 Å². The summed E-state index contributed by atoms with van der Waals surface area (Å²) in [5.74, 6) is 1.59. The van der Waals surface area contributed by atoms with Gasteiger partial charge in [-0.05, 0) is 83.6 Å². The van der Waals surface area contributed by atoms with Gasteiger partial charge in [0.1, 0.15) is 0 Å². The molecule has 0 bridgehead atoms. The Morgan fingerprint density at radius 3 is 1.39 bits per heavy atom. The average Bonchev–Trinajstić information content (AvgIpc) is 3.43. The van der Waals surface area contributed by atoms with Crippen LogP contribution in [0.5, 0.6) is 0 Å². The molecule has 3 heteroatoms. The van der Waals surface area contributed by atoms with Crippen molar-refractivity contribution < 1.29 is 9.31 Å². The first-order chi connectivity index (χ1) is 20.0. The van der Waals surface area contributed by atoms with Crippen molar-refractivity contribution in [2.75, 3.05) is 0 Å². The van der Waals surface area contributed by atoms with Crippen molar-refractivity contribution in [2.45, 2.75) is 27.7 Å². The molecule has 6 aromatic carbocycles. The predicted octanol–water partition coefficient (Wildman–Crippen LogP) is 9.16. The molecular formula is C38H31BO2. The van der Waals surface area contributed by atoms with E-state index in [4.69, 9.17) is 9.31 Å². The summed E-state index contributed by atoms with van der Waals surface area (Å²) in [4.78, 5) is 0. The lowest BCUT2D eigenvalue weighted by Crippen LogP contribution is -2.34. The van der Waals surface area contributed by atoms with E-state index in [0.717, 1.165) is 50.0 Å². The third-order valence-electron chi connectivity index (χ3n) is 8.20. The van der Waals surface area contributed by atoms with Crippen LogP contribution in [0.1, 0.15) is 33.4 Å². The summed E-state index contributed by atoms with van der Waals surface area (Å²) in [6, 6.07) is 41.0. The van der Waals surface area contributed by atoms with Crippen molar-refractivity contribution >= 4 is 45.6 Å². The van der Waals surface area contributed by atoms with Crippen LogP contribution in [0.25, 0.3) is 44.2 Å². The molecule has 0 aliphatic carbocycles. The highest BCUT2D eigenvalue weighted by atomic mass is 16.6. The summed E-state index contributed by atoms with van der Waals surface area (Å²) in [6.45, 7) is 8.52. The maximum absolute atomic E-state index is 6.95. The van der Waals surface area contributed by atoms with Gasteiger partial charge in [-0.3, -0.25) is 0 Å². The minimum atomic E-state index is -0.598. The van der Waals surface area contributed by atoms with Crippen molar-refractivity contribution in [3.05, 3.63) is 149 Å². The van der Waals surface area contributed by atoms with Gasteiger partial charge in [-0.15, -0.1) is 0 Å². The first-order valence-electron chi connectivity index (χ1n) is 14.2. The molecule has 0 amide bonds. The van der Waals surface area contributed by atoms with Crippen molar-refractivity contribution in [2.24, 2.45) is 0 Å². The first kappa shape index (κ1) is 25.2. The number of hydrogen-bond donors (Lipinski definition) is 0. The van der Waals surface area contributed by atoms with Crippen molar-refractivity contribution in [1.29, 1.82) is 0 Å². The molecule has 0 saturated heterocycles. The van der Waals surface area contributed by atoms with E-state index in [1.165, 1.54) is 33.0 Å². The van der Waals surface area contributed by atoms with Crippen LogP contribution < -0.4 is 5.46 Å². The summed E-state index contributed by atoms with van der Waals surface area (Å²) >= 11 is 0. The molecule has 7 rings (SSSR count). The zero-order valence-corrected chi connectivity index (χ0v) is 23.9. The summed E-state index contributed by atoms with van der Waals surface area (Å²) in [6.07, 6.45) is 0. The van der Waals surface area contributed by atoms with E-state index in [2.05, 4.69) is 143 Å². The summed E-state index contributed by atoms with van der Waals surface area (Å²) in [5, 5.41) is 4.65. The zero-order chi connectivity index (χ0) is 28.1. The molecule has 0 atom stereocenters. The standard InChI is InChI=1S/C38H31BO2/c1-24-18-20-26(3)33(22-24)37-38(34-23-25(2)19-21-27(34)4)41-39(40-37)36-31-16-10-8-14-29(31)35(28-12-6-5-7-13-28)30-15-9-11-17-32(30)36/h5-23H,1-4H3. The Bertz CT molecular complexity index is 1870. The van der Waals surface area contributed by atoms with Crippen LogP contribution >= 0.6 is 0 Å². The quantitative estimate of drug-likeness (QED) is 0.167. The van der Waals surface area contributed by atoms with Gasteiger partial charge in [0.2, 0.25) is 0 Å². The first-order valence-corrected chi connectivity index (χ1v) is 14.2. The molecule has 6 aromatic rings. The summed E-state index contributed by atoms with van der Waals surface area (Å²) in [7, 11) is -0.598. The van der Waals surface area contributed by atoms with E-state index in [1.807, 2.05) is 0 Å². The molecule has 0 spiro atoms. The van der Waals surface area contributed by atoms with E-state index < -0.39 is 7.12 Å². The lowest BCUT2D eigenvalue weighted by Gasteiger charge is -2.18. The molecular weight excluding hydrogens is 499 g/mol. The van der Waals surface area contributed by atoms with Gasteiger partial charge in [0.15, 0.2) is 11.5 Å². The molecule has 1 aliphatic heterocycles. The van der Waals surface area contributed by atoms with E-state index in [0.29, 0.717) is 0 Å². The van der Waals surface area contributed by atoms with E-state index >= 15 is 0 Å². The topological polar surface area (TPSA) is 18.5 Å². The second-order valence-electron chi connectivity index (χ2n) is 11.1. The molecule has 1 heterocycles. The van der Waals surface area contributed by atoms with Gasteiger partial charge >= 0.3 is 7.12 Å². The molecule has 1 aliphatic rings. The van der Waals surface area contributed by atoms with Gasteiger partial charge in [0, 0.05) is 16.6 Å². The largest absolute Gasteiger partial charge is 0.634 e. The lowest BCUT2D eigenvalue weighted by molar-refractivity contribution is 0.446. The highest BCUT2D eigenvalue weighted by Gasteiger charge is 2.41. The van der Waals surface area contributed by atoms with Crippen LogP contribution in [0.3, 0.4) is 0 Å². The Labute approximate surface area is 242 Å². The maximum atomic E-state index is 6.95. The molecule has 0 aromatic heterocycles. The maximum Gasteiger partial charge on any atom is 0.634 e. The fourth-order valence-electron chi connectivity index (χ4n) is 6.13. The molecule has 2 nitrogen and oxygen atoms in total. The second kappa shape index (κ2) is 10.0. The highest BCUT2D eigenvalue weighted by molar-refractivity contribution is 6.70. The van der Waals surface area contributed by atoms with E-state index in [-0.39, 0.29) is 0 Å². The fraction of sp³-hybridized carbons (Fsp3) is 0.105. The van der Waals surface area contributed by atoms with E-state index in [1.54, 1.807) is 0 Å². The molecule has 0 saturated carbocycles. The smallest absolute Gasteiger partial charge is 0.519 e. The average molecular weight is 530 g/mol. The minimum absolute atomic E-state index is 0.598. The number of hydrogen-bond acceptors (Lipinski definition) is 2. The van der Waals surface area contributed by atoms with Gasteiger partial charge in [0.25, 0.3) is 0 Å². The number of aryl methyl sites for hydroxylation is 4. The summed E-state index contributed by atoms with van der Waals surface area (Å²) < 4.78 is 13.9. The zero-order valence-electron chi connectivity index (χ0n) is 23.9. The fourth-order valence-corrected chi connectivity index (χ4v) is 6.13. The Hall–Kier alpha value is -4.76. The lowest BCUT2D eigenvalue weighted by atomic mass is 9.71. The Kier molecular flexibility index (Phi) is 6.16. The third-order valence-corrected chi connectivity index (χ3v) is 8.20. The molecule has 0 fully saturated rings. The molecule has 198 valence electrons. The Balaban J connectivity index is 1.49. The molecule has 0 N–H and O–H groups in total. The summed E-state index contributed by atoms with van der Waals surface area (Å²) in [5.41, 5.74) is 10.3. The van der Waals surface area contributed by atoms with Crippen molar-refractivity contribution in [3.8, 4) is 11.1 Å². The van der Waals surface area contributed by atoms with E-state index in [9.17, 15) is 0 Å². The van der Waals surface area contributed by atoms with Crippen LogP contribution in [-0.4, -0.2) is 7.12 Å². The SMILES string of the molecule is Cc1ccc(C)c(C2=C(c3cc(C)ccc3C)OB(c3c4ccccc4c(-c4ccccc4)c4ccccc34)O2)c1. The van der Waals surface area contributed by atoms with Gasteiger partial charge in [-0.2, -0.15) is 0 Å². The number of fused-ring (bicyclic) bond motifs is 2. The van der Waals surface area contributed by atoms with Crippen molar-refractivity contribution in [1.82, 2.24) is 0 Å². The molecule has 0 radical (unpaired) electrons. The van der Waals surface area contributed by atoms with Crippen LogP contribution in [-0.2, 0) is 9.31 Å². The number of benzene rings is 6. The minimum Gasteiger partial charge on any atom is -0.519 e. The molecule has 41 heavy (non-hydrogen) atoms. The molecule has 0 unspecified atom stereocenters. The van der Waals surface area contributed by atoms with Gasteiger partial charge in [-0.1, -0.05) is 114 Å². The van der Waals surface area contributed by atoms with Crippen LogP contribution in [0.4, 0.5) is 0 Å². The van der Waals surface area contributed by atoms with Crippen molar-refractivity contribution in [3.63, 3.8) is 0 Å². The van der Waals surface area contributed by atoms with Crippen LogP contribution in [0, 0.1) is 27.7 Å². The Morgan fingerprint density at radius 1 is 0.463 bits per heavy atom. The van der Waals surface area contributed by atoms with Crippen LogP contribution in [0.2, 0.25) is 0 Å².